The van der Waals surface area contributed by atoms with Crippen LogP contribution in [-0.2, 0) is 0 Å². The van der Waals surface area contributed by atoms with Crippen molar-refractivity contribution in [2.75, 3.05) is 18.0 Å². The summed E-state index contributed by atoms with van der Waals surface area (Å²) < 4.78 is 0. The van der Waals surface area contributed by atoms with E-state index in [0.29, 0.717) is 16.6 Å². The van der Waals surface area contributed by atoms with Gasteiger partial charge in [0.1, 0.15) is 5.69 Å². The molecule has 2 rings (SSSR count). The van der Waals surface area contributed by atoms with E-state index in [-0.39, 0.29) is 10.6 Å². The predicted octanol–water partition coefficient (Wildman–Crippen LogP) is 3.79. The average Bonchev–Trinajstić information content (AvgIpc) is 2.29. The molecule has 0 atom stereocenters. The van der Waals surface area contributed by atoms with Crippen LogP contribution in [0.25, 0.3) is 0 Å². The van der Waals surface area contributed by atoms with Gasteiger partial charge >= 0.3 is 0 Å². The summed E-state index contributed by atoms with van der Waals surface area (Å²) in [6.45, 7) is 5.71. The smallest absolute Gasteiger partial charge is 0.294 e. The molecule has 0 aromatic heterocycles. The highest BCUT2D eigenvalue weighted by Crippen LogP contribution is 2.38. The normalized spacial score (nSPS) is 16.9. The van der Waals surface area contributed by atoms with Gasteiger partial charge in [-0.3, -0.25) is 10.1 Å². The third kappa shape index (κ3) is 2.58. The van der Waals surface area contributed by atoms with Gasteiger partial charge in [-0.25, -0.2) is 0 Å². The van der Waals surface area contributed by atoms with E-state index in [1.807, 2.05) is 11.8 Å². The van der Waals surface area contributed by atoms with Crippen molar-refractivity contribution in [3.63, 3.8) is 0 Å². The second kappa shape index (κ2) is 5.14. The van der Waals surface area contributed by atoms with Gasteiger partial charge in [0.25, 0.3) is 5.69 Å². The highest BCUT2D eigenvalue weighted by atomic mass is 35.5. The molecule has 0 saturated carbocycles. The molecule has 18 heavy (non-hydrogen) atoms. The molecule has 1 aliphatic heterocycles. The van der Waals surface area contributed by atoms with Crippen LogP contribution in [0, 0.1) is 23.0 Å². The molecule has 0 bridgehead atoms. The van der Waals surface area contributed by atoms with Gasteiger partial charge in [-0.15, -0.1) is 0 Å². The molecule has 1 fully saturated rings. The number of halogens is 1. The largest absolute Gasteiger partial charge is 0.365 e. The van der Waals surface area contributed by atoms with Crippen molar-refractivity contribution in [1.29, 1.82) is 0 Å². The Hall–Kier alpha value is -1.29. The molecule has 0 aliphatic carbocycles. The van der Waals surface area contributed by atoms with Crippen LogP contribution < -0.4 is 4.90 Å². The lowest BCUT2D eigenvalue weighted by atomic mass is 9.98. The van der Waals surface area contributed by atoms with Crippen molar-refractivity contribution >= 4 is 23.0 Å². The van der Waals surface area contributed by atoms with Crippen LogP contribution in [0.5, 0.6) is 0 Å². The molecule has 1 saturated heterocycles. The Morgan fingerprint density at radius 3 is 2.56 bits per heavy atom. The first-order valence-electron chi connectivity index (χ1n) is 6.18. The highest BCUT2D eigenvalue weighted by Gasteiger charge is 2.26. The van der Waals surface area contributed by atoms with E-state index in [0.717, 1.165) is 31.5 Å². The van der Waals surface area contributed by atoms with Gasteiger partial charge in [-0.1, -0.05) is 18.5 Å². The monoisotopic (exact) mass is 268 g/mol. The summed E-state index contributed by atoms with van der Waals surface area (Å²) in [5.74, 6) is 0.685. The van der Waals surface area contributed by atoms with Crippen molar-refractivity contribution < 1.29 is 4.92 Å². The molecule has 1 aromatic rings. The molecule has 98 valence electrons. The lowest BCUT2D eigenvalue weighted by Crippen LogP contribution is -2.33. The Labute approximate surface area is 112 Å². The predicted molar refractivity (Wildman–Crippen MR) is 73.5 cm³/mol. The van der Waals surface area contributed by atoms with Crippen LogP contribution in [0.4, 0.5) is 11.4 Å². The molecule has 1 aromatic carbocycles. The summed E-state index contributed by atoms with van der Waals surface area (Å²) in [6, 6.07) is 3.39. The van der Waals surface area contributed by atoms with E-state index in [9.17, 15) is 10.1 Å². The van der Waals surface area contributed by atoms with E-state index in [2.05, 4.69) is 6.92 Å². The number of aryl methyl sites for hydroxylation is 1. The van der Waals surface area contributed by atoms with Crippen LogP contribution in [-0.4, -0.2) is 18.0 Å². The first-order chi connectivity index (χ1) is 8.49. The van der Waals surface area contributed by atoms with Gasteiger partial charge in [0.05, 0.1) is 9.95 Å². The molecule has 1 aliphatic rings. The standard InChI is InChI=1S/C13H17ClN2O2/c1-9-3-5-15(6-4-9)13-11(14)7-10(2)8-12(13)16(17)18/h7-9H,3-6H2,1-2H3. The lowest BCUT2D eigenvalue weighted by Gasteiger charge is -2.32. The molecular weight excluding hydrogens is 252 g/mol. The van der Waals surface area contributed by atoms with E-state index < -0.39 is 0 Å². The number of hydrogen-bond donors (Lipinski definition) is 0. The van der Waals surface area contributed by atoms with Gasteiger partial charge in [-0.2, -0.15) is 0 Å². The van der Waals surface area contributed by atoms with Crippen molar-refractivity contribution in [1.82, 2.24) is 0 Å². The second-order valence-electron chi connectivity index (χ2n) is 5.04. The van der Waals surface area contributed by atoms with Crippen LogP contribution in [0.2, 0.25) is 5.02 Å². The second-order valence-corrected chi connectivity index (χ2v) is 5.45. The number of hydrogen-bond acceptors (Lipinski definition) is 3. The highest BCUT2D eigenvalue weighted by molar-refractivity contribution is 6.33. The van der Waals surface area contributed by atoms with Crippen molar-refractivity contribution in [3.8, 4) is 0 Å². The maximum absolute atomic E-state index is 11.2. The van der Waals surface area contributed by atoms with Crippen LogP contribution >= 0.6 is 11.6 Å². The number of nitro groups is 1. The number of benzene rings is 1. The summed E-state index contributed by atoms with van der Waals surface area (Å²) in [5.41, 5.74) is 1.52. The quantitative estimate of drug-likeness (QED) is 0.605. The average molecular weight is 269 g/mol. The third-order valence-corrected chi connectivity index (χ3v) is 3.77. The fraction of sp³-hybridized carbons (Fsp3) is 0.538. The molecule has 0 amide bonds. The first-order valence-corrected chi connectivity index (χ1v) is 6.56. The molecule has 1 heterocycles. The minimum absolute atomic E-state index is 0.120. The fourth-order valence-corrected chi connectivity index (χ4v) is 2.79. The third-order valence-electron chi connectivity index (χ3n) is 3.48. The Morgan fingerprint density at radius 1 is 1.39 bits per heavy atom. The number of rotatable bonds is 2. The van der Waals surface area contributed by atoms with Gasteiger partial charge < -0.3 is 4.90 Å². The minimum Gasteiger partial charge on any atom is -0.365 e. The zero-order chi connectivity index (χ0) is 13.3. The Kier molecular flexibility index (Phi) is 3.76. The van der Waals surface area contributed by atoms with E-state index >= 15 is 0 Å². The number of nitro benzene ring substituents is 1. The molecule has 0 spiro atoms. The van der Waals surface area contributed by atoms with Crippen LogP contribution in [0.1, 0.15) is 25.3 Å². The summed E-state index contributed by atoms with van der Waals surface area (Å²) in [6.07, 6.45) is 2.11. The molecule has 0 unspecified atom stereocenters. The Morgan fingerprint density at radius 2 is 2.00 bits per heavy atom. The zero-order valence-electron chi connectivity index (χ0n) is 10.6. The summed E-state index contributed by atoms with van der Waals surface area (Å²) in [5, 5.41) is 11.6. The summed E-state index contributed by atoms with van der Waals surface area (Å²) >= 11 is 6.20. The van der Waals surface area contributed by atoms with Crippen LogP contribution in [0.15, 0.2) is 12.1 Å². The maximum Gasteiger partial charge on any atom is 0.294 e. The fourth-order valence-electron chi connectivity index (χ4n) is 2.40. The lowest BCUT2D eigenvalue weighted by molar-refractivity contribution is -0.384. The van der Waals surface area contributed by atoms with Gasteiger partial charge in [0, 0.05) is 19.2 Å². The Bertz CT molecular complexity index is 468. The minimum atomic E-state index is -0.341. The van der Waals surface area contributed by atoms with Crippen molar-refractivity contribution in [3.05, 3.63) is 32.8 Å². The van der Waals surface area contributed by atoms with Crippen molar-refractivity contribution in [2.24, 2.45) is 5.92 Å². The van der Waals surface area contributed by atoms with Gasteiger partial charge in [0.15, 0.2) is 0 Å². The van der Waals surface area contributed by atoms with Crippen LogP contribution in [0.3, 0.4) is 0 Å². The molecular formula is C13H17ClN2O2. The molecule has 4 nitrogen and oxygen atoms in total. The first kappa shape index (κ1) is 13.1. The molecule has 0 N–H and O–H groups in total. The molecule has 0 radical (unpaired) electrons. The number of piperidine rings is 1. The van der Waals surface area contributed by atoms with Gasteiger partial charge in [-0.05, 0) is 37.3 Å². The van der Waals surface area contributed by atoms with E-state index in [1.165, 1.54) is 0 Å². The van der Waals surface area contributed by atoms with Crippen molar-refractivity contribution in [2.45, 2.75) is 26.7 Å². The number of anilines is 1. The Balaban J connectivity index is 2.39. The summed E-state index contributed by atoms with van der Waals surface area (Å²) in [4.78, 5) is 12.9. The molecule has 5 heteroatoms. The zero-order valence-corrected chi connectivity index (χ0v) is 11.4. The van der Waals surface area contributed by atoms with E-state index in [4.69, 9.17) is 11.6 Å². The van der Waals surface area contributed by atoms with E-state index in [1.54, 1.807) is 12.1 Å². The van der Waals surface area contributed by atoms with Gasteiger partial charge in [0.2, 0.25) is 0 Å². The number of nitrogens with zero attached hydrogens (tertiary/aromatic N) is 2. The summed E-state index contributed by atoms with van der Waals surface area (Å²) in [7, 11) is 0. The topological polar surface area (TPSA) is 46.4 Å². The SMILES string of the molecule is Cc1cc(Cl)c(N2CCC(C)CC2)c([N+](=O)[O-])c1. The maximum atomic E-state index is 11.2.